The Morgan fingerprint density at radius 3 is 2.35 bits per heavy atom. The van der Waals surface area contributed by atoms with Crippen LogP contribution in [0.4, 0.5) is 15.3 Å². The molecule has 1 unspecified atom stereocenters. The first-order valence-electron chi connectivity index (χ1n) is 9.76. The van der Waals surface area contributed by atoms with Crippen molar-refractivity contribution < 1.29 is 19.2 Å². The normalized spacial score (nSPS) is 18.0. The minimum atomic E-state index is -1.19. The maximum absolute atomic E-state index is 13.2. The third-order valence-corrected chi connectivity index (χ3v) is 6.11. The van der Waals surface area contributed by atoms with Gasteiger partial charge in [0.1, 0.15) is 12.1 Å². The number of anilines is 1. The van der Waals surface area contributed by atoms with Crippen molar-refractivity contribution in [1.29, 1.82) is 0 Å². The molecule has 1 saturated heterocycles. The Balaban J connectivity index is 1.75. The van der Waals surface area contributed by atoms with Crippen molar-refractivity contribution in [3.63, 3.8) is 0 Å². The number of urea groups is 1. The fourth-order valence-electron chi connectivity index (χ4n) is 3.31. The quantitative estimate of drug-likeness (QED) is 0.531. The Kier molecular flexibility index (Phi) is 6.65. The van der Waals surface area contributed by atoms with Gasteiger partial charge in [0.2, 0.25) is 5.91 Å². The summed E-state index contributed by atoms with van der Waals surface area (Å²) < 4.78 is 0. The Morgan fingerprint density at radius 2 is 1.71 bits per heavy atom. The molecule has 5 amide bonds. The zero-order valence-corrected chi connectivity index (χ0v) is 18.4. The molecule has 3 rings (SSSR count). The lowest BCUT2D eigenvalue weighted by atomic mass is 9.87. The Labute approximate surface area is 185 Å². The summed E-state index contributed by atoms with van der Waals surface area (Å²) in [5.74, 6) is -0.999. The van der Waals surface area contributed by atoms with Gasteiger partial charge in [0.25, 0.3) is 11.1 Å². The topological polar surface area (TPSA) is 98.8 Å². The van der Waals surface area contributed by atoms with Gasteiger partial charge in [-0.05, 0) is 35.9 Å². The standard InChI is InChI=1S/C22H24N4O4S/c1-4-22(15-10-6-5-7-11-15)19(28)26(20(29)24-22)14-18(27)23-16-12-8-9-13-17(16)31-21(30)25(2)3/h5-13H,4,14H2,1-3H3,(H,23,27)(H,24,29). The molecule has 0 bridgehead atoms. The summed E-state index contributed by atoms with van der Waals surface area (Å²) in [6.07, 6.45) is 0.353. The van der Waals surface area contributed by atoms with E-state index < -0.39 is 29.9 Å². The number of imide groups is 1. The molecule has 2 N–H and O–H groups in total. The van der Waals surface area contributed by atoms with Gasteiger partial charge in [0.05, 0.1) is 5.69 Å². The SMILES string of the molecule is CCC1(c2ccccc2)NC(=O)N(CC(=O)Nc2ccccc2SC(=O)N(C)C)C1=O. The van der Waals surface area contributed by atoms with Crippen LogP contribution in [-0.2, 0) is 15.1 Å². The number of rotatable bonds is 6. The predicted octanol–water partition coefficient (Wildman–Crippen LogP) is 3.26. The van der Waals surface area contributed by atoms with Gasteiger partial charge in [-0.1, -0.05) is 49.4 Å². The van der Waals surface area contributed by atoms with Crippen LogP contribution in [0, 0.1) is 0 Å². The van der Waals surface area contributed by atoms with E-state index >= 15 is 0 Å². The second-order valence-corrected chi connectivity index (χ2v) is 8.25. The smallest absolute Gasteiger partial charge is 0.325 e. The summed E-state index contributed by atoms with van der Waals surface area (Å²) in [4.78, 5) is 53.3. The number of nitrogens with zero attached hydrogens (tertiary/aromatic N) is 2. The molecule has 0 aromatic heterocycles. The molecule has 0 aliphatic carbocycles. The summed E-state index contributed by atoms with van der Waals surface area (Å²) in [5, 5.41) is 5.27. The van der Waals surface area contributed by atoms with Gasteiger partial charge in [-0.2, -0.15) is 0 Å². The number of carbonyl (C=O) groups is 4. The number of hydrogen-bond acceptors (Lipinski definition) is 5. The van der Waals surface area contributed by atoms with E-state index in [1.807, 2.05) is 13.0 Å². The van der Waals surface area contributed by atoms with Crippen molar-refractivity contribution in [2.75, 3.05) is 26.0 Å². The number of amides is 5. The molecule has 0 saturated carbocycles. The van der Waals surface area contributed by atoms with Gasteiger partial charge < -0.3 is 15.5 Å². The Morgan fingerprint density at radius 1 is 1.06 bits per heavy atom. The maximum Gasteiger partial charge on any atom is 0.325 e. The van der Waals surface area contributed by atoms with Gasteiger partial charge >= 0.3 is 6.03 Å². The Bertz CT molecular complexity index is 1010. The highest BCUT2D eigenvalue weighted by atomic mass is 32.2. The average Bonchev–Trinajstić information content (AvgIpc) is 3.00. The van der Waals surface area contributed by atoms with E-state index in [9.17, 15) is 19.2 Å². The summed E-state index contributed by atoms with van der Waals surface area (Å²) in [6, 6.07) is 15.2. The molecule has 162 valence electrons. The lowest BCUT2D eigenvalue weighted by Gasteiger charge is -2.25. The fraction of sp³-hybridized carbons (Fsp3) is 0.273. The fourth-order valence-corrected chi connectivity index (χ4v) is 4.06. The summed E-state index contributed by atoms with van der Waals surface area (Å²) in [6.45, 7) is 1.38. The van der Waals surface area contributed by atoms with E-state index in [1.54, 1.807) is 62.6 Å². The second-order valence-electron chi connectivity index (χ2n) is 7.25. The lowest BCUT2D eigenvalue weighted by molar-refractivity contribution is -0.134. The molecule has 9 heteroatoms. The van der Waals surface area contributed by atoms with Gasteiger partial charge in [0, 0.05) is 19.0 Å². The first-order chi connectivity index (χ1) is 14.8. The van der Waals surface area contributed by atoms with E-state index in [0.717, 1.165) is 16.7 Å². The molecular weight excluding hydrogens is 416 g/mol. The van der Waals surface area contributed by atoms with Crippen LogP contribution in [0.1, 0.15) is 18.9 Å². The van der Waals surface area contributed by atoms with Crippen molar-refractivity contribution >= 4 is 40.5 Å². The van der Waals surface area contributed by atoms with E-state index in [-0.39, 0.29) is 5.24 Å². The highest BCUT2D eigenvalue weighted by Crippen LogP contribution is 2.32. The van der Waals surface area contributed by atoms with Gasteiger partial charge in [-0.15, -0.1) is 0 Å². The number of nitrogens with one attached hydrogen (secondary N) is 2. The zero-order valence-electron chi connectivity index (χ0n) is 17.5. The molecule has 2 aromatic rings. The van der Waals surface area contributed by atoms with Gasteiger partial charge in [-0.25, -0.2) is 4.79 Å². The van der Waals surface area contributed by atoms with Crippen LogP contribution in [-0.4, -0.2) is 53.5 Å². The number of benzene rings is 2. The Hall–Kier alpha value is -3.33. The van der Waals surface area contributed by atoms with E-state index in [2.05, 4.69) is 10.6 Å². The largest absolute Gasteiger partial charge is 0.339 e. The second kappa shape index (κ2) is 9.22. The van der Waals surface area contributed by atoms with E-state index in [4.69, 9.17) is 0 Å². The molecule has 8 nitrogen and oxygen atoms in total. The van der Waals surface area contributed by atoms with Crippen molar-refractivity contribution in [1.82, 2.24) is 15.1 Å². The molecular formula is C22H24N4O4S. The van der Waals surface area contributed by atoms with E-state index in [1.165, 1.54) is 4.90 Å². The third-order valence-electron chi connectivity index (χ3n) is 5.00. The minimum Gasteiger partial charge on any atom is -0.339 e. The maximum atomic E-state index is 13.2. The monoisotopic (exact) mass is 440 g/mol. The highest BCUT2D eigenvalue weighted by Gasteiger charge is 2.51. The number of hydrogen-bond donors (Lipinski definition) is 2. The molecule has 1 atom stereocenters. The number of carbonyl (C=O) groups excluding carboxylic acids is 4. The number of thioether (sulfide) groups is 1. The van der Waals surface area contributed by atoms with E-state index in [0.29, 0.717) is 22.6 Å². The summed E-state index contributed by atoms with van der Waals surface area (Å²) >= 11 is 0.977. The lowest BCUT2D eigenvalue weighted by Crippen LogP contribution is -2.44. The van der Waals surface area contributed by atoms with Crippen molar-refractivity contribution in [2.45, 2.75) is 23.8 Å². The van der Waals surface area contributed by atoms with Crippen molar-refractivity contribution in [2.24, 2.45) is 0 Å². The van der Waals surface area contributed by atoms with Crippen LogP contribution in [0.3, 0.4) is 0 Å². The van der Waals surface area contributed by atoms with Crippen LogP contribution >= 0.6 is 11.8 Å². The van der Waals surface area contributed by atoms with Crippen LogP contribution in [0.2, 0.25) is 0 Å². The van der Waals surface area contributed by atoms with Gasteiger partial charge in [-0.3, -0.25) is 19.3 Å². The summed E-state index contributed by atoms with van der Waals surface area (Å²) in [5.41, 5.74) is -0.0860. The average molecular weight is 441 g/mol. The van der Waals surface area contributed by atoms with Crippen LogP contribution in [0.15, 0.2) is 59.5 Å². The first-order valence-corrected chi connectivity index (χ1v) is 10.6. The minimum absolute atomic E-state index is 0.189. The molecule has 0 spiro atoms. The highest BCUT2D eigenvalue weighted by molar-refractivity contribution is 8.13. The van der Waals surface area contributed by atoms with Crippen LogP contribution in [0.25, 0.3) is 0 Å². The van der Waals surface area contributed by atoms with Gasteiger partial charge in [0.15, 0.2) is 0 Å². The van der Waals surface area contributed by atoms with Crippen LogP contribution < -0.4 is 10.6 Å². The zero-order chi connectivity index (χ0) is 22.6. The molecule has 2 aromatic carbocycles. The summed E-state index contributed by atoms with van der Waals surface area (Å²) in [7, 11) is 3.28. The third kappa shape index (κ3) is 4.56. The molecule has 1 aliphatic rings. The predicted molar refractivity (Wildman–Crippen MR) is 119 cm³/mol. The molecule has 1 aliphatic heterocycles. The van der Waals surface area contributed by atoms with Crippen molar-refractivity contribution in [3.05, 3.63) is 60.2 Å². The number of para-hydroxylation sites is 1. The molecule has 1 heterocycles. The molecule has 31 heavy (non-hydrogen) atoms. The van der Waals surface area contributed by atoms with Crippen LogP contribution in [0.5, 0.6) is 0 Å². The first kappa shape index (κ1) is 22.4. The molecule has 0 radical (unpaired) electrons. The molecule has 1 fully saturated rings. The van der Waals surface area contributed by atoms with Crippen molar-refractivity contribution in [3.8, 4) is 0 Å².